The van der Waals surface area contributed by atoms with Gasteiger partial charge >= 0.3 is 6.03 Å². The fourth-order valence-corrected chi connectivity index (χ4v) is 4.38. The second-order valence-corrected chi connectivity index (χ2v) is 9.23. The van der Waals surface area contributed by atoms with Crippen LogP contribution < -0.4 is 5.32 Å². The fourth-order valence-electron chi connectivity index (χ4n) is 3.25. The van der Waals surface area contributed by atoms with Crippen LogP contribution in [0.3, 0.4) is 0 Å². The van der Waals surface area contributed by atoms with E-state index in [2.05, 4.69) is 10.2 Å². The summed E-state index contributed by atoms with van der Waals surface area (Å²) in [5, 5.41) is 2.90. The van der Waals surface area contributed by atoms with E-state index in [-0.39, 0.29) is 12.1 Å². The summed E-state index contributed by atoms with van der Waals surface area (Å²) < 4.78 is 31.4. The third-order valence-electron chi connectivity index (χ3n) is 4.69. The first-order valence-electron chi connectivity index (χ1n) is 9.07. The van der Waals surface area contributed by atoms with E-state index in [4.69, 9.17) is 4.74 Å². The van der Waals surface area contributed by atoms with E-state index in [9.17, 15) is 13.2 Å². The lowest BCUT2D eigenvalue weighted by Crippen LogP contribution is -2.48. The van der Waals surface area contributed by atoms with E-state index in [0.29, 0.717) is 58.3 Å². The first-order chi connectivity index (χ1) is 11.8. The molecular formula is C16H32N4O4S. The largest absolute Gasteiger partial charge is 0.379 e. The molecule has 1 unspecified atom stereocenters. The van der Waals surface area contributed by atoms with Crippen LogP contribution in [-0.2, 0) is 14.8 Å². The number of likely N-dealkylation sites (tertiary alicyclic amines) is 1. The smallest absolute Gasteiger partial charge is 0.317 e. The molecule has 25 heavy (non-hydrogen) atoms. The van der Waals surface area contributed by atoms with Crippen LogP contribution in [0.1, 0.15) is 20.3 Å². The summed E-state index contributed by atoms with van der Waals surface area (Å²) in [5.41, 5.74) is 0. The standard InChI is InChI=1S/C16H32N4O4S/c1-14(2)12-17-16(21)19-5-4-15(13-19)20(25(3,22)23)7-6-18-8-10-24-11-9-18/h14-15H,4-13H2,1-3H3,(H,17,21). The summed E-state index contributed by atoms with van der Waals surface area (Å²) in [6.07, 6.45) is 1.94. The second-order valence-electron chi connectivity index (χ2n) is 7.30. The molecule has 2 amide bonds. The van der Waals surface area contributed by atoms with Crippen LogP contribution in [0.15, 0.2) is 0 Å². The molecule has 0 aromatic heterocycles. The molecule has 9 heteroatoms. The first kappa shape index (κ1) is 20.4. The molecule has 0 aromatic carbocycles. The Balaban J connectivity index is 1.89. The Morgan fingerprint density at radius 3 is 2.56 bits per heavy atom. The van der Waals surface area contributed by atoms with E-state index < -0.39 is 10.0 Å². The highest BCUT2D eigenvalue weighted by molar-refractivity contribution is 7.88. The van der Waals surface area contributed by atoms with Crippen LogP contribution in [0.4, 0.5) is 4.79 Å². The lowest BCUT2D eigenvalue weighted by Gasteiger charge is -2.31. The zero-order chi connectivity index (χ0) is 18.4. The highest BCUT2D eigenvalue weighted by Crippen LogP contribution is 2.18. The van der Waals surface area contributed by atoms with Crippen LogP contribution in [-0.4, -0.2) is 99.9 Å². The van der Waals surface area contributed by atoms with Gasteiger partial charge in [-0.15, -0.1) is 0 Å². The Hall–Kier alpha value is -0.900. The molecule has 0 bridgehead atoms. The van der Waals surface area contributed by atoms with Crippen LogP contribution in [0, 0.1) is 5.92 Å². The number of hydrogen-bond donors (Lipinski definition) is 1. The number of rotatable bonds is 7. The van der Waals surface area contributed by atoms with Crippen molar-refractivity contribution < 1.29 is 17.9 Å². The highest BCUT2D eigenvalue weighted by Gasteiger charge is 2.34. The molecular weight excluding hydrogens is 344 g/mol. The maximum absolute atomic E-state index is 12.2. The topological polar surface area (TPSA) is 82.2 Å². The molecule has 2 rings (SSSR count). The number of sulfonamides is 1. The Labute approximate surface area is 151 Å². The van der Waals surface area contributed by atoms with Gasteiger partial charge in [-0.3, -0.25) is 4.90 Å². The molecule has 146 valence electrons. The van der Waals surface area contributed by atoms with Gasteiger partial charge in [0, 0.05) is 51.9 Å². The molecule has 0 aliphatic carbocycles. The van der Waals surface area contributed by atoms with E-state index in [1.807, 2.05) is 13.8 Å². The predicted octanol–water partition coefficient (Wildman–Crippen LogP) is 0.0201. The van der Waals surface area contributed by atoms with Crippen molar-refractivity contribution in [1.82, 2.24) is 19.4 Å². The molecule has 0 radical (unpaired) electrons. The number of carbonyl (C=O) groups is 1. The van der Waals surface area contributed by atoms with Gasteiger partial charge in [-0.2, -0.15) is 4.31 Å². The highest BCUT2D eigenvalue weighted by atomic mass is 32.2. The molecule has 2 heterocycles. The number of ether oxygens (including phenoxy) is 1. The molecule has 1 N–H and O–H groups in total. The lowest BCUT2D eigenvalue weighted by atomic mass is 10.2. The van der Waals surface area contributed by atoms with Crippen LogP contribution in [0.2, 0.25) is 0 Å². The summed E-state index contributed by atoms with van der Waals surface area (Å²) >= 11 is 0. The maximum Gasteiger partial charge on any atom is 0.317 e. The zero-order valence-corrected chi connectivity index (χ0v) is 16.4. The van der Waals surface area contributed by atoms with Crippen molar-refractivity contribution in [2.24, 2.45) is 5.92 Å². The Bertz CT molecular complexity index is 534. The first-order valence-corrected chi connectivity index (χ1v) is 10.9. The van der Waals surface area contributed by atoms with Gasteiger partial charge in [0.05, 0.1) is 19.5 Å². The monoisotopic (exact) mass is 376 g/mol. The van der Waals surface area contributed by atoms with Gasteiger partial charge in [-0.05, 0) is 12.3 Å². The Morgan fingerprint density at radius 1 is 1.28 bits per heavy atom. The Kier molecular flexibility index (Phi) is 7.48. The summed E-state index contributed by atoms with van der Waals surface area (Å²) in [4.78, 5) is 16.1. The normalized spacial score (nSPS) is 22.8. The minimum absolute atomic E-state index is 0.0992. The SMILES string of the molecule is CC(C)CNC(=O)N1CCC(N(CCN2CCOCC2)S(C)(=O)=O)C1. The van der Waals surface area contributed by atoms with Gasteiger partial charge in [-0.1, -0.05) is 13.8 Å². The van der Waals surface area contributed by atoms with Crippen molar-refractivity contribution in [2.75, 3.05) is 65.3 Å². The number of carbonyl (C=O) groups excluding carboxylic acids is 1. The summed E-state index contributed by atoms with van der Waals surface area (Å²) in [7, 11) is -3.31. The lowest BCUT2D eigenvalue weighted by molar-refractivity contribution is 0.0354. The number of urea groups is 1. The van der Waals surface area contributed by atoms with Crippen molar-refractivity contribution in [1.29, 1.82) is 0 Å². The number of nitrogens with zero attached hydrogens (tertiary/aromatic N) is 3. The number of nitrogens with one attached hydrogen (secondary N) is 1. The Morgan fingerprint density at radius 2 is 1.96 bits per heavy atom. The van der Waals surface area contributed by atoms with Gasteiger partial charge in [0.25, 0.3) is 0 Å². The molecule has 2 fully saturated rings. The minimum atomic E-state index is -3.31. The molecule has 1 atom stereocenters. The average Bonchev–Trinajstić information content (AvgIpc) is 3.02. The second kappa shape index (κ2) is 9.16. The molecule has 8 nitrogen and oxygen atoms in total. The van der Waals surface area contributed by atoms with Gasteiger partial charge in [0.15, 0.2) is 0 Å². The van der Waals surface area contributed by atoms with E-state index in [1.165, 1.54) is 6.26 Å². The number of amides is 2. The zero-order valence-electron chi connectivity index (χ0n) is 15.6. The van der Waals surface area contributed by atoms with Crippen LogP contribution in [0.25, 0.3) is 0 Å². The van der Waals surface area contributed by atoms with Crippen molar-refractivity contribution >= 4 is 16.1 Å². The van der Waals surface area contributed by atoms with Gasteiger partial charge in [-0.25, -0.2) is 13.2 Å². The molecule has 2 aliphatic heterocycles. The van der Waals surface area contributed by atoms with Crippen molar-refractivity contribution in [2.45, 2.75) is 26.3 Å². The summed E-state index contributed by atoms with van der Waals surface area (Å²) in [6.45, 7) is 10.0. The van der Waals surface area contributed by atoms with Crippen molar-refractivity contribution in [3.05, 3.63) is 0 Å². The number of hydrogen-bond acceptors (Lipinski definition) is 5. The molecule has 0 saturated carbocycles. The van der Waals surface area contributed by atoms with Crippen LogP contribution >= 0.6 is 0 Å². The van der Waals surface area contributed by atoms with Gasteiger partial charge < -0.3 is 15.0 Å². The van der Waals surface area contributed by atoms with Gasteiger partial charge in [0.2, 0.25) is 10.0 Å². The summed E-state index contributed by atoms with van der Waals surface area (Å²) in [5.74, 6) is 0.392. The molecule has 0 aromatic rings. The molecule has 2 saturated heterocycles. The van der Waals surface area contributed by atoms with Crippen molar-refractivity contribution in [3.8, 4) is 0 Å². The summed E-state index contributed by atoms with van der Waals surface area (Å²) in [6, 6.07) is -0.237. The van der Waals surface area contributed by atoms with Gasteiger partial charge in [0.1, 0.15) is 0 Å². The van der Waals surface area contributed by atoms with Crippen LogP contribution in [0.5, 0.6) is 0 Å². The quantitative estimate of drug-likeness (QED) is 0.677. The fraction of sp³-hybridized carbons (Fsp3) is 0.938. The predicted molar refractivity (Wildman–Crippen MR) is 97.0 cm³/mol. The van der Waals surface area contributed by atoms with Crippen molar-refractivity contribution in [3.63, 3.8) is 0 Å². The molecule has 2 aliphatic rings. The third-order valence-corrected chi connectivity index (χ3v) is 6.02. The van der Waals surface area contributed by atoms with E-state index >= 15 is 0 Å². The molecule has 0 spiro atoms. The maximum atomic E-state index is 12.2. The number of morpholine rings is 1. The van der Waals surface area contributed by atoms with E-state index in [1.54, 1.807) is 9.21 Å². The van der Waals surface area contributed by atoms with E-state index in [0.717, 1.165) is 13.1 Å². The minimum Gasteiger partial charge on any atom is -0.379 e. The third kappa shape index (κ3) is 6.40. The average molecular weight is 377 g/mol.